The van der Waals surface area contributed by atoms with E-state index in [4.69, 9.17) is 4.52 Å². The molecule has 1 atom stereocenters. The van der Waals surface area contributed by atoms with Gasteiger partial charge in [-0.15, -0.1) is 0 Å². The van der Waals surface area contributed by atoms with Crippen LogP contribution in [-0.4, -0.2) is 19.8 Å². The van der Waals surface area contributed by atoms with Gasteiger partial charge in [-0.05, 0) is 32.3 Å². The van der Waals surface area contributed by atoms with E-state index in [2.05, 4.69) is 14.7 Å². The first-order chi connectivity index (χ1) is 8.24. The fourth-order valence-electron chi connectivity index (χ4n) is 2.43. The third kappa shape index (κ3) is 1.86. The maximum atomic E-state index is 9.88. The van der Waals surface area contributed by atoms with Crippen molar-refractivity contribution in [1.29, 1.82) is 0 Å². The summed E-state index contributed by atoms with van der Waals surface area (Å²) in [4.78, 5) is 4.19. The second-order valence-corrected chi connectivity index (χ2v) is 4.49. The monoisotopic (exact) mass is 233 g/mol. The van der Waals surface area contributed by atoms with Gasteiger partial charge in [-0.25, -0.2) is 0 Å². The van der Waals surface area contributed by atoms with Crippen LogP contribution in [0.15, 0.2) is 16.8 Å². The van der Waals surface area contributed by atoms with E-state index in [9.17, 15) is 5.11 Å². The van der Waals surface area contributed by atoms with Crippen molar-refractivity contribution < 1.29 is 9.63 Å². The van der Waals surface area contributed by atoms with E-state index in [1.54, 1.807) is 0 Å². The molecule has 90 valence electrons. The van der Waals surface area contributed by atoms with Crippen LogP contribution in [0.2, 0.25) is 0 Å². The van der Waals surface area contributed by atoms with Crippen LogP contribution in [0.1, 0.15) is 41.9 Å². The molecule has 2 heterocycles. The minimum absolute atomic E-state index is 0.315. The highest BCUT2D eigenvalue weighted by molar-refractivity contribution is 5.27. The highest BCUT2D eigenvalue weighted by Gasteiger charge is 2.21. The number of aromatic nitrogens is 3. The van der Waals surface area contributed by atoms with Crippen LogP contribution in [0.5, 0.6) is 0 Å². The summed E-state index contributed by atoms with van der Waals surface area (Å²) in [6.07, 6.45) is 4.56. The molecule has 0 aromatic carbocycles. The number of aliphatic hydroxyl groups is 1. The maximum absolute atomic E-state index is 9.88. The third-order valence-electron chi connectivity index (χ3n) is 3.24. The van der Waals surface area contributed by atoms with Crippen LogP contribution in [0, 0.1) is 6.92 Å². The summed E-state index contributed by atoms with van der Waals surface area (Å²) >= 11 is 0. The molecule has 0 fully saturated rings. The molecular weight excluding hydrogens is 218 g/mol. The second-order valence-electron chi connectivity index (χ2n) is 4.49. The molecule has 0 radical (unpaired) electrons. The summed E-state index contributed by atoms with van der Waals surface area (Å²) in [7, 11) is 0. The predicted octanol–water partition coefficient (Wildman–Crippen LogP) is 1.60. The average Bonchev–Trinajstić information content (AvgIpc) is 2.88. The highest BCUT2D eigenvalue weighted by Crippen LogP contribution is 2.30. The van der Waals surface area contributed by atoms with Gasteiger partial charge in [0, 0.05) is 17.5 Å². The molecule has 0 saturated heterocycles. The average molecular weight is 233 g/mol. The van der Waals surface area contributed by atoms with Crippen molar-refractivity contribution in [1.82, 2.24) is 14.7 Å². The third-order valence-corrected chi connectivity index (χ3v) is 3.24. The Bertz CT molecular complexity index is 530. The maximum Gasteiger partial charge on any atom is 0.246 e. The van der Waals surface area contributed by atoms with Crippen molar-refractivity contribution in [3.63, 3.8) is 0 Å². The normalized spacial score (nSPS) is 19.3. The van der Waals surface area contributed by atoms with Crippen LogP contribution in [0.3, 0.4) is 0 Å². The fourth-order valence-corrected chi connectivity index (χ4v) is 2.43. The number of hydrogen-bond acceptors (Lipinski definition) is 4. The standard InChI is InChI=1S/C12H15N3O2/c1-8-13-12(17-14-8)7-15-6-5-9-10(15)3-2-4-11(9)16/h5-6,11,16H,2-4,7H2,1H3. The molecule has 2 aromatic rings. The molecule has 17 heavy (non-hydrogen) atoms. The van der Waals surface area contributed by atoms with E-state index < -0.39 is 0 Å². The van der Waals surface area contributed by atoms with Crippen molar-refractivity contribution in [3.8, 4) is 0 Å². The van der Waals surface area contributed by atoms with Crippen molar-refractivity contribution in [2.45, 2.75) is 38.8 Å². The van der Waals surface area contributed by atoms with Crippen LogP contribution >= 0.6 is 0 Å². The van der Waals surface area contributed by atoms with Gasteiger partial charge < -0.3 is 14.2 Å². The molecule has 1 N–H and O–H groups in total. The van der Waals surface area contributed by atoms with E-state index in [0.717, 1.165) is 24.8 Å². The van der Waals surface area contributed by atoms with Crippen LogP contribution in [0.4, 0.5) is 0 Å². The predicted molar refractivity (Wildman–Crippen MR) is 60.5 cm³/mol. The van der Waals surface area contributed by atoms with Crippen molar-refractivity contribution in [2.75, 3.05) is 0 Å². The molecule has 2 aromatic heterocycles. The molecule has 5 nitrogen and oxygen atoms in total. The molecule has 0 bridgehead atoms. The van der Waals surface area contributed by atoms with Crippen molar-refractivity contribution in [3.05, 3.63) is 35.2 Å². The van der Waals surface area contributed by atoms with E-state index in [1.807, 2.05) is 19.2 Å². The lowest BCUT2D eigenvalue weighted by Crippen LogP contribution is -2.12. The van der Waals surface area contributed by atoms with Gasteiger partial charge in [0.15, 0.2) is 5.82 Å². The Morgan fingerprint density at radius 1 is 1.59 bits per heavy atom. The van der Waals surface area contributed by atoms with E-state index in [1.165, 1.54) is 5.69 Å². The zero-order valence-corrected chi connectivity index (χ0v) is 9.76. The lowest BCUT2D eigenvalue weighted by Gasteiger charge is -2.19. The molecule has 0 aliphatic heterocycles. The molecular formula is C12H15N3O2. The number of fused-ring (bicyclic) bond motifs is 1. The summed E-state index contributed by atoms with van der Waals surface area (Å²) in [5.41, 5.74) is 2.24. The highest BCUT2D eigenvalue weighted by atomic mass is 16.5. The zero-order chi connectivity index (χ0) is 11.8. The lowest BCUT2D eigenvalue weighted by atomic mass is 9.95. The Balaban J connectivity index is 1.89. The van der Waals surface area contributed by atoms with E-state index in [0.29, 0.717) is 18.3 Å². The van der Waals surface area contributed by atoms with Gasteiger partial charge in [-0.3, -0.25) is 0 Å². The molecule has 1 aliphatic rings. The van der Waals surface area contributed by atoms with Gasteiger partial charge in [0.25, 0.3) is 0 Å². The van der Waals surface area contributed by atoms with Gasteiger partial charge in [-0.2, -0.15) is 4.98 Å². The minimum Gasteiger partial charge on any atom is -0.388 e. The van der Waals surface area contributed by atoms with Gasteiger partial charge >= 0.3 is 0 Å². The first kappa shape index (κ1) is 10.5. The van der Waals surface area contributed by atoms with Gasteiger partial charge in [0.1, 0.15) is 6.54 Å². The Morgan fingerprint density at radius 2 is 2.47 bits per heavy atom. The Morgan fingerprint density at radius 3 is 3.24 bits per heavy atom. The van der Waals surface area contributed by atoms with E-state index >= 15 is 0 Å². The molecule has 0 saturated carbocycles. The number of aliphatic hydroxyl groups excluding tert-OH is 1. The number of hydrogen-bond donors (Lipinski definition) is 1. The minimum atomic E-state index is -0.315. The van der Waals surface area contributed by atoms with Crippen LogP contribution in [-0.2, 0) is 13.0 Å². The summed E-state index contributed by atoms with van der Waals surface area (Å²) in [6, 6.07) is 1.99. The smallest absolute Gasteiger partial charge is 0.246 e. The topological polar surface area (TPSA) is 64.1 Å². The van der Waals surface area contributed by atoms with Crippen LogP contribution < -0.4 is 0 Å². The molecule has 1 aliphatic carbocycles. The Hall–Kier alpha value is -1.62. The Kier molecular flexibility index (Phi) is 2.48. The van der Waals surface area contributed by atoms with Crippen molar-refractivity contribution in [2.24, 2.45) is 0 Å². The molecule has 1 unspecified atom stereocenters. The Labute approximate surface area is 99.1 Å². The molecule has 5 heteroatoms. The fraction of sp³-hybridized carbons (Fsp3) is 0.500. The van der Waals surface area contributed by atoms with Gasteiger partial charge in [-0.1, -0.05) is 5.16 Å². The van der Waals surface area contributed by atoms with E-state index in [-0.39, 0.29) is 6.10 Å². The number of nitrogens with zero attached hydrogens (tertiary/aromatic N) is 3. The first-order valence-electron chi connectivity index (χ1n) is 5.89. The summed E-state index contributed by atoms with van der Waals surface area (Å²) < 4.78 is 7.20. The molecule has 0 amide bonds. The molecule has 0 spiro atoms. The quantitative estimate of drug-likeness (QED) is 0.855. The number of rotatable bonds is 2. The lowest BCUT2D eigenvalue weighted by molar-refractivity contribution is 0.155. The summed E-state index contributed by atoms with van der Waals surface area (Å²) in [5.74, 6) is 1.27. The summed E-state index contributed by atoms with van der Waals surface area (Å²) in [5, 5.41) is 13.7. The SMILES string of the molecule is Cc1noc(Cn2ccc3c2CCCC3O)n1. The van der Waals surface area contributed by atoms with Gasteiger partial charge in [0.2, 0.25) is 5.89 Å². The van der Waals surface area contributed by atoms with Crippen LogP contribution in [0.25, 0.3) is 0 Å². The second kappa shape index (κ2) is 4.00. The molecule has 3 rings (SSSR count). The summed E-state index contributed by atoms with van der Waals surface area (Å²) in [6.45, 7) is 2.39. The number of aryl methyl sites for hydroxylation is 1. The van der Waals surface area contributed by atoms with Crippen molar-refractivity contribution >= 4 is 0 Å². The van der Waals surface area contributed by atoms with Gasteiger partial charge in [0.05, 0.1) is 6.10 Å². The largest absolute Gasteiger partial charge is 0.388 e. The zero-order valence-electron chi connectivity index (χ0n) is 9.76. The first-order valence-corrected chi connectivity index (χ1v) is 5.89.